The van der Waals surface area contributed by atoms with Gasteiger partial charge in [-0.25, -0.2) is 8.42 Å². The summed E-state index contributed by atoms with van der Waals surface area (Å²) < 4.78 is 39.5. The molecule has 20 heavy (non-hydrogen) atoms. The van der Waals surface area contributed by atoms with Gasteiger partial charge in [0.2, 0.25) is 10.0 Å². The molecule has 0 saturated carbocycles. The van der Waals surface area contributed by atoms with Crippen LogP contribution in [0.2, 0.25) is 0 Å². The van der Waals surface area contributed by atoms with Gasteiger partial charge in [0.15, 0.2) is 0 Å². The standard InChI is InChI=1S/C12H20N2O4S2/c1-10(2)14-8-12(7-11(14)9-15)20(17,18)13-3-5-19(16)6-4-13/h7-8,10,15H,3-6,9H2,1-2H3. The van der Waals surface area contributed by atoms with Gasteiger partial charge in [0.05, 0.1) is 6.61 Å². The van der Waals surface area contributed by atoms with Crippen molar-refractivity contribution in [3.05, 3.63) is 18.0 Å². The first-order chi connectivity index (χ1) is 9.36. The minimum atomic E-state index is -3.56. The van der Waals surface area contributed by atoms with E-state index in [1.54, 1.807) is 10.8 Å². The molecular weight excluding hydrogens is 300 g/mol. The Balaban J connectivity index is 2.32. The quantitative estimate of drug-likeness (QED) is 0.866. The lowest BCUT2D eigenvalue weighted by molar-refractivity contribution is 0.268. The summed E-state index contributed by atoms with van der Waals surface area (Å²) in [5.41, 5.74) is 0.583. The predicted octanol–water partition coefficient (Wildman–Crippen LogP) is 0.314. The van der Waals surface area contributed by atoms with Crippen molar-refractivity contribution in [1.29, 1.82) is 0 Å². The molecule has 0 aliphatic carbocycles. The molecule has 114 valence electrons. The third kappa shape index (κ3) is 2.98. The molecule has 0 aromatic carbocycles. The Morgan fingerprint density at radius 3 is 2.40 bits per heavy atom. The van der Waals surface area contributed by atoms with E-state index >= 15 is 0 Å². The summed E-state index contributed by atoms with van der Waals surface area (Å²) in [4.78, 5) is 0.197. The molecule has 0 radical (unpaired) electrons. The second kappa shape index (κ2) is 5.97. The van der Waals surface area contributed by atoms with Crippen molar-refractivity contribution >= 4 is 20.8 Å². The maximum absolute atomic E-state index is 12.5. The normalized spacial score (nSPS) is 18.8. The lowest BCUT2D eigenvalue weighted by atomic mass is 10.3. The summed E-state index contributed by atoms with van der Waals surface area (Å²) in [6, 6.07) is 1.59. The van der Waals surface area contributed by atoms with E-state index in [2.05, 4.69) is 0 Å². The van der Waals surface area contributed by atoms with Crippen molar-refractivity contribution in [3.8, 4) is 0 Å². The largest absolute Gasteiger partial charge is 0.390 e. The van der Waals surface area contributed by atoms with E-state index in [4.69, 9.17) is 0 Å². The number of hydrogen-bond donors (Lipinski definition) is 1. The summed E-state index contributed by atoms with van der Waals surface area (Å²) in [5.74, 6) is 0.772. The molecule has 1 aliphatic heterocycles. The lowest BCUT2D eigenvalue weighted by Gasteiger charge is -2.25. The van der Waals surface area contributed by atoms with E-state index in [9.17, 15) is 17.7 Å². The Hall–Kier alpha value is -0.700. The molecule has 6 nitrogen and oxygen atoms in total. The molecule has 0 bridgehead atoms. The fraction of sp³-hybridized carbons (Fsp3) is 0.667. The van der Waals surface area contributed by atoms with Gasteiger partial charge in [-0.15, -0.1) is 0 Å². The number of sulfonamides is 1. The molecule has 1 aromatic rings. The average molecular weight is 320 g/mol. The summed E-state index contributed by atoms with van der Waals surface area (Å²) in [7, 11) is -4.48. The van der Waals surface area contributed by atoms with Gasteiger partial charge in [-0.2, -0.15) is 4.31 Å². The Morgan fingerprint density at radius 2 is 1.95 bits per heavy atom. The number of nitrogens with zero attached hydrogens (tertiary/aromatic N) is 2. The van der Waals surface area contributed by atoms with E-state index in [1.807, 2.05) is 13.8 Å². The third-order valence-corrected chi connectivity index (χ3v) is 6.54. The van der Waals surface area contributed by atoms with Crippen molar-refractivity contribution in [1.82, 2.24) is 8.87 Å². The molecule has 0 spiro atoms. The average Bonchev–Trinajstić information content (AvgIpc) is 2.84. The van der Waals surface area contributed by atoms with E-state index in [0.29, 0.717) is 17.2 Å². The molecule has 1 N–H and O–H groups in total. The molecular formula is C12H20N2O4S2. The zero-order valence-electron chi connectivity index (χ0n) is 11.7. The van der Waals surface area contributed by atoms with E-state index in [1.165, 1.54) is 10.4 Å². The molecule has 0 amide bonds. The van der Waals surface area contributed by atoms with Crippen LogP contribution in [0.4, 0.5) is 0 Å². The SMILES string of the molecule is CC(C)n1cc(S(=O)(=O)N2CCS(=O)CC2)cc1CO. The lowest BCUT2D eigenvalue weighted by Crippen LogP contribution is -2.41. The minimum absolute atomic E-state index is 0.0787. The van der Waals surface area contributed by atoms with Crippen LogP contribution < -0.4 is 0 Å². The number of aromatic nitrogens is 1. The monoisotopic (exact) mass is 320 g/mol. The van der Waals surface area contributed by atoms with Gasteiger partial charge in [0.1, 0.15) is 4.90 Å². The smallest absolute Gasteiger partial charge is 0.244 e. The zero-order valence-corrected chi connectivity index (χ0v) is 13.3. The summed E-state index contributed by atoms with van der Waals surface area (Å²) >= 11 is 0. The van der Waals surface area contributed by atoms with Crippen LogP contribution in [-0.2, 0) is 27.4 Å². The Kier molecular flexibility index (Phi) is 4.68. The number of aliphatic hydroxyl groups excluding tert-OH is 1. The number of aliphatic hydroxyl groups is 1. The second-order valence-corrected chi connectivity index (χ2v) is 8.71. The Bertz CT molecular complexity index is 597. The van der Waals surface area contributed by atoms with Crippen LogP contribution >= 0.6 is 0 Å². The highest BCUT2D eigenvalue weighted by Crippen LogP contribution is 2.23. The van der Waals surface area contributed by atoms with E-state index in [-0.39, 0.29) is 30.6 Å². The van der Waals surface area contributed by atoms with Gasteiger partial charge < -0.3 is 9.67 Å². The number of hydrogen-bond acceptors (Lipinski definition) is 4. The fourth-order valence-electron chi connectivity index (χ4n) is 2.26. The van der Waals surface area contributed by atoms with Gasteiger partial charge in [-0.1, -0.05) is 0 Å². The Morgan fingerprint density at radius 1 is 1.35 bits per heavy atom. The van der Waals surface area contributed by atoms with Crippen LogP contribution in [0.15, 0.2) is 17.2 Å². The van der Waals surface area contributed by atoms with Crippen molar-refractivity contribution < 1.29 is 17.7 Å². The summed E-state index contributed by atoms with van der Waals surface area (Å²) in [6.45, 7) is 4.24. The third-order valence-electron chi connectivity index (χ3n) is 3.40. The maximum Gasteiger partial charge on any atom is 0.244 e. The topological polar surface area (TPSA) is 79.6 Å². The second-order valence-electron chi connectivity index (χ2n) is 5.08. The van der Waals surface area contributed by atoms with Gasteiger partial charge in [0.25, 0.3) is 0 Å². The first-order valence-corrected chi connectivity index (χ1v) is 9.46. The van der Waals surface area contributed by atoms with E-state index in [0.717, 1.165) is 0 Å². The predicted molar refractivity (Wildman–Crippen MR) is 77.4 cm³/mol. The van der Waals surface area contributed by atoms with Crippen LogP contribution in [0.25, 0.3) is 0 Å². The van der Waals surface area contributed by atoms with Gasteiger partial charge >= 0.3 is 0 Å². The first kappa shape index (κ1) is 15.7. The molecule has 2 heterocycles. The molecule has 0 atom stereocenters. The van der Waals surface area contributed by atoms with Crippen molar-refractivity contribution in [2.75, 3.05) is 24.6 Å². The highest BCUT2D eigenvalue weighted by atomic mass is 32.2. The van der Waals surface area contributed by atoms with Crippen molar-refractivity contribution in [2.24, 2.45) is 0 Å². The molecule has 0 unspecified atom stereocenters. The zero-order chi connectivity index (χ0) is 14.9. The minimum Gasteiger partial charge on any atom is -0.390 e. The van der Waals surface area contributed by atoms with Crippen LogP contribution in [0, 0.1) is 0 Å². The fourth-order valence-corrected chi connectivity index (χ4v) is 5.03. The molecule has 1 fully saturated rings. The van der Waals surface area contributed by atoms with Crippen LogP contribution in [0.1, 0.15) is 25.6 Å². The molecule has 1 aromatic heterocycles. The highest BCUT2D eigenvalue weighted by Gasteiger charge is 2.29. The van der Waals surface area contributed by atoms with Crippen LogP contribution in [0.3, 0.4) is 0 Å². The molecule has 2 rings (SSSR count). The molecule has 8 heteroatoms. The van der Waals surface area contributed by atoms with Gasteiger partial charge in [-0.05, 0) is 19.9 Å². The van der Waals surface area contributed by atoms with Gasteiger partial charge in [0, 0.05) is 53.3 Å². The van der Waals surface area contributed by atoms with Gasteiger partial charge in [-0.3, -0.25) is 4.21 Å². The highest BCUT2D eigenvalue weighted by molar-refractivity contribution is 7.89. The number of rotatable bonds is 4. The van der Waals surface area contributed by atoms with Crippen molar-refractivity contribution in [2.45, 2.75) is 31.4 Å². The summed E-state index contributed by atoms with van der Waals surface area (Å²) in [5, 5.41) is 9.32. The van der Waals surface area contributed by atoms with Crippen LogP contribution in [0.5, 0.6) is 0 Å². The first-order valence-electron chi connectivity index (χ1n) is 6.53. The Labute approximate surface area is 121 Å². The summed E-state index contributed by atoms with van der Waals surface area (Å²) in [6.07, 6.45) is 1.57. The molecule has 1 aliphatic rings. The molecule has 1 saturated heterocycles. The van der Waals surface area contributed by atoms with E-state index < -0.39 is 20.8 Å². The van der Waals surface area contributed by atoms with Crippen LogP contribution in [-0.4, -0.2) is 51.2 Å². The van der Waals surface area contributed by atoms with Crippen molar-refractivity contribution in [3.63, 3.8) is 0 Å². The maximum atomic E-state index is 12.5.